The van der Waals surface area contributed by atoms with Gasteiger partial charge in [0.2, 0.25) is 0 Å². The number of hydrogen-bond acceptors (Lipinski definition) is 7. The fourth-order valence-electron chi connectivity index (χ4n) is 5.75. The highest BCUT2D eigenvalue weighted by molar-refractivity contribution is 6.30. The van der Waals surface area contributed by atoms with Gasteiger partial charge in [-0.1, -0.05) is 11.6 Å². The van der Waals surface area contributed by atoms with Crippen molar-refractivity contribution >= 4 is 35.1 Å². The molecule has 0 saturated carbocycles. The molecule has 3 aromatic rings. The van der Waals surface area contributed by atoms with Crippen molar-refractivity contribution in [1.29, 1.82) is 0 Å². The first-order chi connectivity index (χ1) is 20.5. The van der Waals surface area contributed by atoms with Crippen molar-refractivity contribution in [2.45, 2.75) is 37.9 Å². The number of methoxy groups -OCH3 is 2. The molecule has 9 nitrogen and oxygen atoms in total. The van der Waals surface area contributed by atoms with Gasteiger partial charge in [-0.2, -0.15) is 0 Å². The van der Waals surface area contributed by atoms with Gasteiger partial charge in [0.05, 0.1) is 14.2 Å². The van der Waals surface area contributed by atoms with E-state index in [-0.39, 0.29) is 41.3 Å². The van der Waals surface area contributed by atoms with Gasteiger partial charge in [-0.3, -0.25) is 19.4 Å². The lowest BCUT2D eigenvalue weighted by Gasteiger charge is -2.43. The zero-order chi connectivity index (χ0) is 31.0. The van der Waals surface area contributed by atoms with Crippen LogP contribution in [0, 0.1) is 11.6 Å². The monoisotopic (exact) mass is 613 g/mol. The molecule has 2 aromatic carbocycles. The van der Waals surface area contributed by atoms with Gasteiger partial charge in [-0.25, -0.2) is 13.8 Å². The van der Waals surface area contributed by atoms with Crippen LogP contribution in [0.2, 0.25) is 5.02 Å². The van der Waals surface area contributed by atoms with E-state index in [2.05, 4.69) is 36.0 Å². The van der Waals surface area contributed by atoms with Gasteiger partial charge in [0.25, 0.3) is 11.8 Å². The molecule has 2 saturated heterocycles. The number of amides is 2. The number of hydrogen-bond donors (Lipinski definition) is 1. The van der Waals surface area contributed by atoms with Gasteiger partial charge in [0.1, 0.15) is 29.2 Å². The third-order valence-electron chi connectivity index (χ3n) is 8.35. The summed E-state index contributed by atoms with van der Waals surface area (Å²) in [6.07, 6.45) is 0. The van der Waals surface area contributed by atoms with Gasteiger partial charge in [0.15, 0.2) is 11.6 Å². The van der Waals surface area contributed by atoms with E-state index in [4.69, 9.17) is 26.1 Å². The summed E-state index contributed by atoms with van der Waals surface area (Å²) >= 11 is 5.97. The van der Waals surface area contributed by atoms with Crippen LogP contribution in [0.1, 0.15) is 35.7 Å². The van der Waals surface area contributed by atoms with Crippen LogP contribution >= 0.6 is 11.6 Å². The van der Waals surface area contributed by atoms with E-state index in [9.17, 15) is 9.59 Å². The molecule has 0 spiro atoms. The maximum atomic E-state index is 15.4. The average Bonchev–Trinajstić information content (AvgIpc) is 3.29. The van der Waals surface area contributed by atoms with E-state index < -0.39 is 35.4 Å². The molecule has 1 aromatic heterocycles. The summed E-state index contributed by atoms with van der Waals surface area (Å²) in [7, 11) is 4.84. The highest BCUT2D eigenvalue weighted by atomic mass is 35.5. The topological polar surface area (TPSA) is 87.2 Å². The van der Waals surface area contributed by atoms with Gasteiger partial charge in [0, 0.05) is 65.9 Å². The average molecular weight is 614 g/mol. The molecule has 0 aliphatic carbocycles. The molecule has 2 aliphatic heterocycles. The highest BCUT2D eigenvalue weighted by Gasteiger charge is 2.46. The smallest absolute Gasteiger partial charge is 0.251 e. The van der Waals surface area contributed by atoms with Gasteiger partial charge < -0.3 is 19.7 Å². The summed E-state index contributed by atoms with van der Waals surface area (Å²) in [5.74, 6) is -2.90. The summed E-state index contributed by atoms with van der Waals surface area (Å²) < 4.78 is 41.4. The molecule has 5 rings (SSSR count). The first-order valence-corrected chi connectivity index (χ1v) is 14.3. The predicted molar refractivity (Wildman–Crippen MR) is 160 cm³/mol. The lowest BCUT2D eigenvalue weighted by Crippen LogP contribution is -2.55. The number of pyridine rings is 1. The first kappa shape index (κ1) is 30.5. The SMILES string of the molecule is COc1cc(F)c([C@@H]2CN(c3nc(N4C[C@@H](C)N(C)[C@@H](C)C4)ccc3OC)C(=O)[C@H]2NC(=O)c2ccc(Cl)cc2)c(F)c1. The Morgan fingerprint density at radius 1 is 0.977 bits per heavy atom. The number of aromatic nitrogens is 1. The Bertz CT molecular complexity index is 1490. The Morgan fingerprint density at radius 3 is 2.19 bits per heavy atom. The van der Waals surface area contributed by atoms with Crippen LogP contribution < -0.4 is 24.6 Å². The number of likely N-dealkylation sites (N-methyl/N-ethyl adjacent to an activating group) is 1. The third kappa shape index (κ3) is 5.96. The number of benzene rings is 2. The molecule has 228 valence electrons. The molecule has 0 radical (unpaired) electrons. The van der Waals surface area contributed by atoms with Crippen LogP contribution in [0.25, 0.3) is 0 Å². The number of halogens is 3. The van der Waals surface area contributed by atoms with Crippen molar-refractivity contribution in [3.63, 3.8) is 0 Å². The Balaban J connectivity index is 1.54. The molecular weight excluding hydrogens is 580 g/mol. The number of anilines is 2. The zero-order valence-electron chi connectivity index (χ0n) is 24.6. The van der Waals surface area contributed by atoms with E-state index in [0.717, 1.165) is 25.2 Å². The standard InChI is InChI=1S/C31H34ClF2N5O4/c1-17-14-38(15-18(2)37(17)3)26-11-10-25(43-5)29(35-26)39-16-22(27-23(33)12-21(42-4)13-24(27)34)28(31(39)41)36-30(40)19-6-8-20(32)9-7-19/h6-13,17-18,22,28H,14-16H2,1-5H3,(H,36,40)/t17-,18+,22-,28-/m0/s1. The van der Waals surface area contributed by atoms with Crippen molar-refractivity contribution in [2.75, 3.05) is 50.7 Å². The quantitative estimate of drug-likeness (QED) is 0.420. The second-order valence-electron chi connectivity index (χ2n) is 11.0. The van der Waals surface area contributed by atoms with Crippen molar-refractivity contribution < 1.29 is 27.8 Å². The molecule has 3 heterocycles. The number of rotatable bonds is 7. The maximum Gasteiger partial charge on any atom is 0.251 e. The molecule has 2 fully saturated rings. The summed E-state index contributed by atoms with van der Waals surface area (Å²) in [5, 5.41) is 3.14. The largest absolute Gasteiger partial charge is 0.497 e. The molecule has 12 heteroatoms. The maximum absolute atomic E-state index is 15.4. The van der Waals surface area contributed by atoms with Crippen LogP contribution in [0.15, 0.2) is 48.5 Å². The number of nitrogens with one attached hydrogen (secondary N) is 1. The van der Waals surface area contributed by atoms with E-state index in [0.29, 0.717) is 16.6 Å². The fraction of sp³-hybridized carbons (Fsp3) is 0.387. The fourth-order valence-corrected chi connectivity index (χ4v) is 5.87. The van der Waals surface area contributed by atoms with Crippen LogP contribution in [0.3, 0.4) is 0 Å². The first-order valence-electron chi connectivity index (χ1n) is 13.9. The molecule has 1 N–H and O–H groups in total. The number of carbonyl (C=O) groups excluding carboxylic acids is 2. The summed E-state index contributed by atoms with van der Waals surface area (Å²) in [6.45, 7) is 5.55. The number of ether oxygens (including phenoxy) is 2. The van der Waals surface area contributed by atoms with E-state index in [1.54, 1.807) is 18.2 Å². The molecule has 2 amide bonds. The summed E-state index contributed by atoms with van der Waals surface area (Å²) in [4.78, 5) is 37.9. The lowest BCUT2D eigenvalue weighted by molar-refractivity contribution is -0.118. The van der Waals surface area contributed by atoms with E-state index in [1.807, 2.05) is 6.07 Å². The normalized spacial score (nSPS) is 22.6. The van der Waals surface area contributed by atoms with Crippen molar-refractivity contribution in [1.82, 2.24) is 15.2 Å². The second kappa shape index (κ2) is 12.3. The molecule has 4 atom stereocenters. The number of nitrogens with zero attached hydrogens (tertiary/aromatic N) is 4. The molecule has 0 unspecified atom stereocenters. The Kier molecular flexibility index (Phi) is 8.75. The number of piperazine rings is 1. The van der Waals surface area contributed by atoms with Crippen LogP contribution in [-0.4, -0.2) is 80.7 Å². The lowest BCUT2D eigenvalue weighted by atomic mass is 9.92. The molecule has 0 bridgehead atoms. The van der Waals surface area contributed by atoms with Crippen molar-refractivity contribution in [3.05, 3.63) is 76.3 Å². The van der Waals surface area contributed by atoms with E-state index >= 15 is 8.78 Å². The molecular formula is C31H34ClF2N5O4. The van der Waals surface area contributed by atoms with Gasteiger partial charge >= 0.3 is 0 Å². The Hall–Kier alpha value is -3.96. The second-order valence-corrected chi connectivity index (χ2v) is 11.4. The molecule has 2 aliphatic rings. The number of carbonyl (C=O) groups is 2. The minimum absolute atomic E-state index is 0.00616. The van der Waals surface area contributed by atoms with Crippen LogP contribution in [0.4, 0.5) is 20.4 Å². The summed E-state index contributed by atoms with van der Waals surface area (Å²) in [5.41, 5.74) is -0.101. The van der Waals surface area contributed by atoms with E-state index in [1.165, 1.54) is 31.3 Å². The Labute approximate surface area is 254 Å². The third-order valence-corrected chi connectivity index (χ3v) is 8.60. The predicted octanol–water partition coefficient (Wildman–Crippen LogP) is 4.49. The summed E-state index contributed by atoms with van der Waals surface area (Å²) in [6, 6.07) is 11.0. The highest BCUT2D eigenvalue weighted by Crippen LogP contribution is 2.39. The van der Waals surface area contributed by atoms with Crippen LogP contribution in [-0.2, 0) is 4.79 Å². The van der Waals surface area contributed by atoms with Crippen molar-refractivity contribution in [2.24, 2.45) is 0 Å². The minimum Gasteiger partial charge on any atom is -0.497 e. The minimum atomic E-state index is -1.31. The zero-order valence-corrected chi connectivity index (χ0v) is 25.4. The van der Waals surface area contributed by atoms with Crippen LogP contribution in [0.5, 0.6) is 11.5 Å². The Morgan fingerprint density at radius 2 is 1.60 bits per heavy atom. The van der Waals surface area contributed by atoms with Crippen molar-refractivity contribution in [3.8, 4) is 11.5 Å². The molecule has 43 heavy (non-hydrogen) atoms. The van der Waals surface area contributed by atoms with Gasteiger partial charge in [-0.05, 0) is 57.3 Å². The van der Waals surface area contributed by atoms with Gasteiger partial charge in [-0.15, -0.1) is 0 Å².